The molecule has 0 N–H and O–H groups in total. The maximum Gasteiger partial charge on any atom is 0.102 e. The molecule has 0 amide bonds. The minimum Gasteiger partial charge on any atom is -0.369 e. The lowest BCUT2D eigenvalue weighted by Gasteiger charge is -2.07. The van der Waals surface area contributed by atoms with E-state index in [1.54, 1.807) is 17.3 Å². The van der Waals surface area contributed by atoms with Crippen molar-refractivity contribution in [1.82, 2.24) is 4.90 Å². The minimum absolute atomic E-state index is 0.536. The first-order valence-corrected chi connectivity index (χ1v) is 8.77. The van der Waals surface area contributed by atoms with Crippen LogP contribution in [0.5, 0.6) is 0 Å². The van der Waals surface area contributed by atoms with Gasteiger partial charge in [-0.05, 0) is 37.5 Å². The highest BCUT2D eigenvalue weighted by Crippen LogP contribution is 2.30. The summed E-state index contributed by atoms with van der Waals surface area (Å²) in [6, 6.07) is 5.74. The molecule has 0 aromatic heterocycles. The van der Waals surface area contributed by atoms with Crippen molar-refractivity contribution in [3.8, 4) is 6.07 Å². The molecule has 21 heavy (non-hydrogen) atoms. The van der Waals surface area contributed by atoms with Crippen molar-refractivity contribution in [2.45, 2.75) is 19.8 Å². The maximum absolute atomic E-state index is 12.5. The number of nitriles is 1. The van der Waals surface area contributed by atoms with Crippen molar-refractivity contribution >= 4 is 27.4 Å². The Morgan fingerprint density at radius 1 is 1.33 bits per heavy atom. The molecule has 0 atom stereocenters. The second-order valence-corrected chi connectivity index (χ2v) is 8.00. The maximum atomic E-state index is 12.5. The second kappa shape index (κ2) is 6.27. The Kier molecular flexibility index (Phi) is 4.63. The van der Waals surface area contributed by atoms with Crippen LogP contribution in [0.3, 0.4) is 0 Å². The molecule has 0 radical (unpaired) electrons. The van der Waals surface area contributed by atoms with Gasteiger partial charge in [0.15, 0.2) is 0 Å². The summed E-state index contributed by atoms with van der Waals surface area (Å²) in [7, 11) is 1.62. The van der Waals surface area contributed by atoms with Crippen LogP contribution in [0.4, 0.5) is 11.4 Å². The predicted molar refractivity (Wildman–Crippen MR) is 86.9 cm³/mol. The first-order chi connectivity index (χ1) is 9.93. The Labute approximate surface area is 126 Å². The van der Waals surface area contributed by atoms with E-state index in [9.17, 15) is 9.47 Å². The number of benzene rings is 1. The van der Waals surface area contributed by atoms with Crippen molar-refractivity contribution in [3.05, 3.63) is 23.3 Å². The lowest BCUT2D eigenvalue weighted by Crippen LogP contribution is -2.07. The Morgan fingerprint density at radius 2 is 2.00 bits per heavy atom. The normalized spacial score (nSPS) is 16.9. The molecular weight excluding hydrogens is 284 g/mol. The van der Waals surface area contributed by atoms with Gasteiger partial charge in [-0.1, -0.05) is 0 Å². The van der Waals surface area contributed by atoms with Gasteiger partial charge in [0, 0.05) is 25.6 Å². The van der Waals surface area contributed by atoms with E-state index in [-0.39, 0.29) is 0 Å². The van der Waals surface area contributed by atoms with Gasteiger partial charge in [-0.3, -0.25) is 0 Å². The van der Waals surface area contributed by atoms with Crippen LogP contribution in [-0.2, 0) is 9.73 Å². The topological polar surface area (TPSA) is 68.8 Å². The summed E-state index contributed by atoms with van der Waals surface area (Å²) in [6.45, 7) is 1.85. The molecule has 5 nitrogen and oxygen atoms in total. The van der Waals surface area contributed by atoms with E-state index in [0.717, 1.165) is 18.4 Å². The van der Waals surface area contributed by atoms with Crippen LogP contribution in [0.1, 0.15) is 24.0 Å². The summed E-state index contributed by atoms with van der Waals surface area (Å²) < 4.78 is 17.0. The molecule has 0 spiro atoms. The van der Waals surface area contributed by atoms with Crippen molar-refractivity contribution in [2.75, 3.05) is 25.6 Å². The van der Waals surface area contributed by atoms with Crippen molar-refractivity contribution in [1.29, 1.82) is 5.26 Å². The van der Waals surface area contributed by atoms with E-state index in [2.05, 4.69) is 15.4 Å². The zero-order valence-corrected chi connectivity index (χ0v) is 13.5. The van der Waals surface area contributed by atoms with E-state index in [0.29, 0.717) is 28.4 Å². The average Bonchev–Trinajstić information content (AvgIpc) is 2.82. The zero-order chi connectivity index (χ0) is 15.5. The van der Waals surface area contributed by atoms with E-state index in [4.69, 9.17) is 0 Å². The Hall–Kier alpha value is -1.87. The van der Waals surface area contributed by atoms with Crippen molar-refractivity contribution in [2.24, 2.45) is 9.36 Å². The van der Waals surface area contributed by atoms with Gasteiger partial charge in [0.25, 0.3) is 0 Å². The molecule has 2 rings (SSSR count). The lowest BCUT2D eigenvalue weighted by molar-refractivity contribution is 0.643. The quantitative estimate of drug-likeness (QED) is 0.637. The summed E-state index contributed by atoms with van der Waals surface area (Å²) in [5.74, 6) is 1.34. The van der Waals surface area contributed by atoms with Gasteiger partial charge < -0.3 is 4.90 Å². The fraction of sp³-hybridized carbons (Fsp3) is 0.467. The van der Waals surface area contributed by atoms with Gasteiger partial charge in [0.1, 0.15) is 6.07 Å². The largest absolute Gasteiger partial charge is 0.369 e. The Bertz CT molecular complexity index is 710. The number of nitrogens with zero attached hydrogens (tertiary/aromatic N) is 4. The number of aryl methyl sites for hydroxylation is 1. The first kappa shape index (κ1) is 15.5. The summed E-state index contributed by atoms with van der Waals surface area (Å²) >= 11 is 0. The smallest absolute Gasteiger partial charge is 0.102 e. The van der Waals surface area contributed by atoms with Gasteiger partial charge in [-0.2, -0.15) is 9.62 Å². The molecule has 1 aliphatic heterocycles. The standard InChI is InChI=1S/C15H20N4OS/c1-12-8-13(18-21(20)6-4-5-7-21)9-15(14(12)10-16)17-11-19(2)3/h8-9,11H,4-7H2,1-3H3. The highest BCUT2D eigenvalue weighted by atomic mass is 32.2. The van der Waals surface area contributed by atoms with Crippen LogP contribution in [-0.4, -0.2) is 41.0 Å². The van der Waals surface area contributed by atoms with E-state index >= 15 is 0 Å². The van der Waals surface area contributed by atoms with E-state index in [1.165, 1.54) is 0 Å². The highest BCUT2D eigenvalue weighted by molar-refractivity contribution is 7.93. The Balaban J connectivity index is 2.51. The number of hydrogen-bond acceptors (Lipinski definition) is 4. The van der Waals surface area contributed by atoms with Crippen LogP contribution >= 0.6 is 0 Å². The molecule has 1 saturated heterocycles. The summed E-state index contributed by atoms with van der Waals surface area (Å²) in [5.41, 5.74) is 2.58. The number of hydrogen-bond donors (Lipinski definition) is 0. The molecule has 112 valence electrons. The molecule has 0 unspecified atom stereocenters. The molecule has 1 fully saturated rings. The lowest BCUT2D eigenvalue weighted by atomic mass is 10.1. The van der Waals surface area contributed by atoms with Crippen LogP contribution in [0.15, 0.2) is 21.5 Å². The van der Waals surface area contributed by atoms with Gasteiger partial charge >= 0.3 is 0 Å². The van der Waals surface area contributed by atoms with Gasteiger partial charge in [0.05, 0.1) is 33.0 Å². The van der Waals surface area contributed by atoms with Gasteiger partial charge in [0.2, 0.25) is 0 Å². The zero-order valence-electron chi connectivity index (χ0n) is 12.7. The third kappa shape index (κ3) is 3.82. The second-order valence-electron chi connectivity index (χ2n) is 5.46. The molecule has 1 aromatic rings. The molecule has 0 saturated carbocycles. The average molecular weight is 304 g/mol. The SMILES string of the molecule is Cc1cc(N=S2(=O)CCCC2)cc(N=CN(C)C)c1C#N. The summed E-state index contributed by atoms with van der Waals surface area (Å²) in [6.07, 6.45) is 3.60. The van der Waals surface area contributed by atoms with Crippen LogP contribution in [0.2, 0.25) is 0 Å². The summed E-state index contributed by atoms with van der Waals surface area (Å²) in [4.78, 5) is 6.12. The van der Waals surface area contributed by atoms with E-state index in [1.807, 2.05) is 27.1 Å². The monoisotopic (exact) mass is 304 g/mol. The third-order valence-corrected chi connectivity index (χ3v) is 5.68. The van der Waals surface area contributed by atoms with E-state index < -0.39 is 9.73 Å². The number of aliphatic imine (C=N–C) groups is 1. The fourth-order valence-electron chi connectivity index (χ4n) is 2.27. The van der Waals surface area contributed by atoms with Crippen molar-refractivity contribution < 1.29 is 4.21 Å². The minimum atomic E-state index is -2.11. The molecule has 0 aliphatic carbocycles. The van der Waals surface area contributed by atoms with Gasteiger partial charge in [-0.25, -0.2) is 9.20 Å². The Morgan fingerprint density at radius 3 is 2.57 bits per heavy atom. The molecule has 6 heteroatoms. The van der Waals surface area contributed by atoms with Gasteiger partial charge in [-0.15, -0.1) is 0 Å². The first-order valence-electron chi connectivity index (χ1n) is 6.91. The third-order valence-electron chi connectivity index (χ3n) is 3.29. The number of rotatable bonds is 3. The fourth-order valence-corrected chi connectivity index (χ4v) is 4.45. The molecule has 0 bridgehead atoms. The predicted octanol–water partition coefficient (Wildman–Crippen LogP) is 2.98. The van der Waals surface area contributed by atoms with Crippen molar-refractivity contribution in [3.63, 3.8) is 0 Å². The molecule has 1 aromatic carbocycles. The van der Waals surface area contributed by atoms with Crippen LogP contribution < -0.4 is 0 Å². The van der Waals surface area contributed by atoms with Crippen LogP contribution in [0.25, 0.3) is 0 Å². The summed E-state index contributed by atoms with van der Waals surface area (Å²) in [5, 5.41) is 9.27. The van der Waals surface area contributed by atoms with Crippen LogP contribution in [0, 0.1) is 18.3 Å². The molecule has 1 aliphatic rings. The molecular formula is C15H20N4OS. The highest BCUT2D eigenvalue weighted by Gasteiger charge is 2.17. The molecule has 1 heterocycles.